The third-order valence-corrected chi connectivity index (χ3v) is 5.83. The molecule has 0 unspecified atom stereocenters. The molecule has 0 saturated heterocycles. The van der Waals surface area contributed by atoms with Gasteiger partial charge in [0.1, 0.15) is 0 Å². The number of pyridine rings is 1. The molecular weight excluding hydrogens is 427 g/mol. The Balaban J connectivity index is 1.73. The molecular formula is C26H24F3N3O. The van der Waals surface area contributed by atoms with Gasteiger partial charge in [0, 0.05) is 48.4 Å². The summed E-state index contributed by atoms with van der Waals surface area (Å²) in [4.78, 5) is 20.1. The highest BCUT2D eigenvalue weighted by Crippen LogP contribution is 2.41. The Kier molecular flexibility index (Phi) is 6.49. The number of aromatic nitrogens is 2. The topological polar surface area (TPSA) is 57.8 Å². The van der Waals surface area contributed by atoms with Gasteiger partial charge in [0.25, 0.3) is 0 Å². The lowest BCUT2D eigenvalue weighted by molar-refractivity contribution is -0.138. The molecule has 2 aromatic carbocycles. The summed E-state index contributed by atoms with van der Waals surface area (Å²) in [6.07, 6.45) is 1.15. The second kappa shape index (κ2) is 9.48. The van der Waals surface area contributed by atoms with E-state index < -0.39 is 17.7 Å². The van der Waals surface area contributed by atoms with Gasteiger partial charge in [0.2, 0.25) is 5.91 Å². The number of para-hydroxylation sites is 1. The van der Waals surface area contributed by atoms with Crippen molar-refractivity contribution in [2.45, 2.75) is 38.4 Å². The van der Waals surface area contributed by atoms with Crippen LogP contribution in [0.1, 0.15) is 47.1 Å². The number of halogens is 3. The lowest BCUT2D eigenvalue weighted by Gasteiger charge is -2.22. The minimum atomic E-state index is -4.53. The van der Waals surface area contributed by atoms with Gasteiger partial charge in [-0.15, -0.1) is 0 Å². The van der Waals surface area contributed by atoms with Crippen LogP contribution in [0, 0.1) is 0 Å². The van der Waals surface area contributed by atoms with Crippen molar-refractivity contribution < 1.29 is 18.0 Å². The molecule has 2 N–H and O–H groups in total. The molecule has 1 amide bonds. The third kappa shape index (κ3) is 4.92. The SMILES string of the molecule is CCc1cccc2c([C@@H](CC(=O)NCc3cccnc3)c3ccccc3C(F)(F)F)c[nH]c12. The number of H-pyrrole nitrogens is 1. The number of hydrogen-bond acceptors (Lipinski definition) is 2. The molecule has 33 heavy (non-hydrogen) atoms. The van der Waals surface area contributed by atoms with Crippen LogP contribution in [-0.4, -0.2) is 15.9 Å². The number of nitrogens with one attached hydrogen (secondary N) is 2. The molecule has 0 saturated carbocycles. The zero-order valence-corrected chi connectivity index (χ0v) is 18.1. The van der Waals surface area contributed by atoms with E-state index in [1.807, 2.05) is 31.2 Å². The Morgan fingerprint density at radius 1 is 1.06 bits per heavy atom. The van der Waals surface area contributed by atoms with Crippen LogP contribution in [0.4, 0.5) is 13.2 Å². The van der Waals surface area contributed by atoms with Gasteiger partial charge in [-0.3, -0.25) is 9.78 Å². The zero-order chi connectivity index (χ0) is 23.4. The van der Waals surface area contributed by atoms with Crippen molar-refractivity contribution in [3.05, 3.63) is 101 Å². The molecule has 1 atom stereocenters. The monoisotopic (exact) mass is 451 g/mol. The second-order valence-corrected chi connectivity index (χ2v) is 7.92. The van der Waals surface area contributed by atoms with Gasteiger partial charge in [-0.1, -0.05) is 49.4 Å². The van der Waals surface area contributed by atoms with Gasteiger partial charge in [0.15, 0.2) is 0 Å². The van der Waals surface area contributed by atoms with Crippen LogP contribution in [0.2, 0.25) is 0 Å². The fourth-order valence-corrected chi connectivity index (χ4v) is 4.23. The third-order valence-electron chi connectivity index (χ3n) is 5.83. The second-order valence-electron chi connectivity index (χ2n) is 7.92. The zero-order valence-electron chi connectivity index (χ0n) is 18.1. The van der Waals surface area contributed by atoms with E-state index in [0.717, 1.165) is 34.5 Å². The molecule has 0 aliphatic carbocycles. The van der Waals surface area contributed by atoms with Crippen molar-refractivity contribution in [1.29, 1.82) is 0 Å². The number of aromatic amines is 1. The first-order valence-electron chi connectivity index (χ1n) is 10.8. The molecule has 4 aromatic rings. The molecule has 4 rings (SSSR count). The molecule has 2 aromatic heterocycles. The van der Waals surface area contributed by atoms with E-state index >= 15 is 0 Å². The largest absolute Gasteiger partial charge is 0.416 e. The Morgan fingerprint density at radius 2 is 1.88 bits per heavy atom. The van der Waals surface area contributed by atoms with E-state index in [1.54, 1.807) is 30.7 Å². The first kappa shape index (κ1) is 22.6. The van der Waals surface area contributed by atoms with E-state index in [0.29, 0.717) is 5.56 Å². The number of fused-ring (bicyclic) bond motifs is 1. The molecule has 0 fully saturated rings. The van der Waals surface area contributed by atoms with Gasteiger partial charge in [-0.25, -0.2) is 0 Å². The van der Waals surface area contributed by atoms with Crippen molar-refractivity contribution >= 4 is 16.8 Å². The molecule has 4 nitrogen and oxygen atoms in total. The lowest BCUT2D eigenvalue weighted by Crippen LogP contribution is -2.25. The Labute approximate surface area is 189 Å². The van der Waals surface area contributed by atoms with Crippen LogP contribution < -0.4 is 5.32 Å². The van der Waals surface area contributed by atoms with Crippen molar-refractivity contribution in [2.24, 2.45) is 0 Å². The lowest BCUT2D eigenvalue weighted by atomic mass is 9.84. The highest BCUT2D eigenvalue weighted by atomic mass is 19.4. The van der Waals surface area contributed by atoms with E-state index in [2.05, 4.69) is 15.3 Å². The summed E-state index contributed by atoms with van der Waals surface area (Å²) in [5.74, 6) is -1.10. The van der Waals surface area contributed by atoms with Crippen LogP contribution in [0.25, 0.3) is 10.9 Å². The molecule has 0 aliphatic heterocycles. The smallest absolute Gasteiger partial charge is 0.361 e. The molecule has 0 radical (unpaired) electrons. The first-order chi connectivity index (χ1) is 15.9. The normalized spacial score (nSPS) is 12.6. The summed E-state index contributed by atoms with van der Waals surface area (Å²) < 4.78 is 41.6. The average Bonchev–Trinajstić information content (AvgIpc) is 3.25. The molecule has 0 spiro atoms. The van der Waals surface area contributed by atoms with Crippen LogP contribution in [-0.2, 0) is 23.9 Å². The van der Waals surface area contributed by atoms with Crippen molar-refractivity contribution in [1.82, 2.24) is 15.3 Å². The Bertz CT molecular complexity index is 1250. The maximum Gasteiger partial charge on any atom is 0.416 e. The molecule has 2 heterocycles. The summed E-state index contributed by atoms with van der Waals surface area (Å²) in [6, 6.07) is 14.9. The van der Waals surface area contributed by atoms with Gasteiger partial charge < -0.3 is 10.3 Å². The molecule has 7 heteroatoms. The number of carbonyl (C=O) groups is 1. The van der Waals surface area contributed by atoms with Crippen LogP contribution >= 0.6 is 0 Å². The van der Waals surface area contributed by atoms with Gasteiger partial charge >= 0.3 is 6.18 Å². The quantitative estimate of drug-likeness (QED) is 0.363. The Morgan fingerprint density at radius 3 is 2.61 bits per heavy atom. The minimum Gasteiger partial charge on any atom is -0.361 e. The minimum absolute atomic E-state index is 0.0873. The summed E-state index contributed by atoms with van der Waals surface area (Å²) >= 11 is 0. The number of hydrogen-bond donors (Lipinski definition) is 2. The number of aryl methyl sites for hydroxylation is 1. The van der Waals surface area contributed by atoms with Crippen molar-refractivity contribution in [3.8, 4) is 0 Å². The number of alkyl halides is 3. The number of nitrogens with zero attached hydrogens (tertiary/aromatic N) is 1. The standard InChI is InChI=1S/C26H24F3N3O/c1-2-18-8-5-10-20-22(16-32-25(18)20)21(19-9-3-4-11-23(19)26(27,28)29)13-24(33)31-15-17-7-6-12-30-14-17/h3-12,14,16,21,32H,2,13,15H2,1H3,(H,31,33)/t21-/m0/s1. The number of amides is 1. The predicted molar refractivity (Wildman–Crippen MR) is 122 cm³/mol. The highest BCUT2D eigenvalue weighted by molar-refractivity contribution is 5.88. The van der Waals surface area contributed by atoms with E-state index in [9.17, 15) is 18.0 Å². The van der Waals surface area contributed by atoms with E-state index in [1.165, 1.54) is 12.1 Å². The Hall–Kier alpha value is -3.61. The summed E-state index contributed by atoms with van der Waals surface area (Å²) in [7, 11) is 0. The maximum absolute atomic E-state index is 13.9. The fourth-order valence-electron chi connectivity index (χ4n) is 4.23. The van der Waals surface area contributed by atoms with Gasteiger partial charge in [0.05, 0.1) is 5.56 Å². The molecule has 0 bridgehead atoms. The van der Waals surface area contributed by atoms with Crippen molar-refractivity contribution in [3.63, 3.8) is 0 Å². The highest BCUT2D eigenvalue weighted by Gasteiger charge is 2.36. The maximum atomic E-state index is 13.9. The average molecular weight is 451 g/mol. The summed E-state index contributed by atoms with van der Waals surface area (Å²) in [5.41, 5.74) is 2.81. The predicted octanol–water partition coefficient (Wildman–Crippen LogP) is 5.98. The van der Waals surface area contributed by atoms with Crippen LogP contribution in [0.5, 0.6) is 0 Å². The molecule has 0 aliphatic rings. The van der Waals surface area contributed by atoms with Crippen molar-refractivity contribution in [2.75, 3.05) is 0 Å². The number of carbonyl (C=O) groups excluding carboxylic acids is 1. The summed E-state index contributed by atoms with van der Waals surface area (Å²) in [5, 5.41) is 3.65. The summed E-state index contributed by atoms with van der Waals surface area (Å²) in [6.45, 7) is 2.28. The van der Waals surface area contributed by atoms with E-state index in [4.69, 9.17) is 0 Å². The number of rotatable bonds is 7. The van der Waals surface area contributed by atoms with Gasteiger partial charge in [-0.05, 0) is 40.8 Å². The van der Waals surface area contributed by atoms with E-state index in [-0.39, 0.29) is 24.4 Å². The molecule has 170 valence electrons. The van der Waals surface area contributed by atoms with Gasteiger partial charge in [-0.2, -0.15) is 13.2 Å². The van der Waals surface area contributed by atoms with Crippen LogP contribution in [0.3, 0.4) is 0 Å². The fraction of sp³-hybridized carbons (Fsp3) is 0.231. The first-order valence-corrected chi connectivity index (χ1v) is 10.8. The number of benzene rings is 2. The van der Waals surface area contributed by atoms with Crippen LogP contribution in [0.15, 0.2) is 73.2 Å².